The van der Waals surface area contributed by atoms with E-state index in [9.17, 15) is 4.79 Å². The topological polar surface area (TPSA) is 119 Å². The van der Waals surface area contributed by atoms with E-state index in [0.29, 0.717) is 17.9 Å². The predicted molar refractivity (Wildman–Crippen MR) is 225 cm³/mol. The van der Waals surface area contributed by atoms with Crippen LogP contribution in [0.1, 0.15) is 43.0 Å². The number of carbonyl (C=O) groups is 1. The lowest BCUT2D eigenvalue weighted by Crippen LogP contribution is -2.30. The number of aromatic nitrogens is 4. The van der Waals surface area contributed by atoms with E-state index in [1.807, 2.05) is 19.9 Å². The average Bonchev–Trinajstić information content (AvgIpc) is 3.94. The number of ether oxygens (including phenoxy) is 2. The van der Waals surface area contributed by atoms with Crippen LogP contribution in [0.5, 0.6) is 5.75 Å². The molecule has 8 aromatic rings. The molecule has 0 fully saturated rings. The molecule has 9 rings (SSSR count). The Morgan fingerprint density at radius 3 is 1.55 bits per heavy atom. The maximum atomic E-state index is 12.9. The lowest BCUT2D eigenvalue weighted by atomic mass is 9.97. The first kappa shape index (κ1) is 34.8. The molecule has 1 aliphatic heterocycles. The molecule has 0 radical (unpaired) electrons. The number of benzene rings is 4. The monoisotopic (exact) mass is 746 g/mol. The number of aliphatic hydroxyl groups excluding tert-OH is 1. The number of H-pyrrole nitrogens is 4. The molecule has 8 nitrogen and oxygen atoms in total. The summed E-state index contributed by atoms with van der Waals surface area (Å²) < 4.78 is 11.8. The molecule has 1 aliphatic rings. The van der Waals surface area contributed by atoms with Gasteiger partial charge in [0, 0.05) is 99.6 Å². The molecule has 0 amide bonds. The van der Waals surface area contributed by atoms with E-state index >= 15 is 0 Å². The van der Waals surface area contributed by atoms with Crippen molar-refractivity contribution in [1.82, 2.24) is 19.9 Å². The highest BCUT2D eigenvalue weighted by atomic mass is 32.2. The number of aromatic amines is 4. The van der Waals surface area contributed by atoms with Crippen molar-refractivity contribution in [2.45, 2.75) is 20.3 Å². The molecule has 5 N–H and O–H groups in total. The fourth-order valence-corrected chi connectivity index (χ4v) is 8.68. The highest BCUT2D eigenvalue weighted by Crippen LogP contribution is 2.27. The Morgan fingerprint density at radius 1 is 0.600 bits per heavy atom. The minimum absolute atomic E-state index is 0.150. The van der Waals surface area contributed by atoms with Crippen LogP contribution in [0.25, 0.3) is 67.4 Å². The third-order valence-electron chi connectivity index (χ3n) is 10.4. The minimum Gasteiger partial charge on any atom is -0.490 e. The van der Waals surface area contributed by atoms with E-state index in [1.165, 1.54) is 0 Å². The van der Waals surface area contributed by atoms with Crippen LogP contribution in [0.2, 0.25) is 0 Å². The lowest BCUT2D eigenvalue weighted by molar-refractivity contribution is -0.153. The second-order valence-corrected chi connectivity index (χ2v) is 15.8. The number of rotatable bonds is 10. The summed E-state index contributed by atoms with van der Waals surface area (Å²) in [6.45, 7) is 4.32. The van der Waals surface area contributed by atoms with Gasteiger partial charge in [-0.2, -0.15) is 11.8 Å². The molecule has 4 aromatic carbocycles. The molecule has 0 saturated carbocycles. The Kier molecular flexibility index (Phi) is 9.12. The zero-order chi connectivity index (χ0) is 37.5. The largest absolute Gasteiger partial charge is 0.490 e. The van der Waals surface area contributed by atoms with Crippen LogP contribution in [0, 0.1) is 5.41 Å². The summed E-state index contributed by atoms with van der Waals surface area (Å²) in [5.41, 5.74) is 3.43. The van der Waals surface area contributed by atoms with Gasteiger partial charge < -0.3 is 34.5 Å². The normalized spacial score (nSPS) is 12.7. The van der Waals surface area contributed by atoms with Crippen LogP contribution in [0.15, 0.2) is 91.0 Å². The molecule has 5 heterocycles. The molecule has 0 aliphatic carbocycles. The molecule has 0 spiro atoms. The number of hydrogen-bond donors (Lipinski definition) is 5. The van der Waals surface area contributed by atoms with Gasteiger partial charge in [0.25, 0.3) is 0 Å². The maximum absolute atomic E-state index is 12.9. The fourth-order valence-electron chi connectivity index (χ4n) is 7.58. The zero-order valence-corrected chi connectivity index (χ0v) is 31.6. The van der Waals surface area contributed by atoms with Crippen molar-refractivity contribution >= 4 is 85.1 Å². The van der Waals surface area contributed by atoms with Gasteiger partial charge in [0.05, 0.1) is 5.41 Å². The molecule has 55 heavy (non-hydrogen) atoms. The lowest BCUT2D eigenvalue weighted by Gasteiger charge is -2.22. The Hall–Kier alpha value is -5.90. The second kappa shape index (κ2) is 14.4. The molecule has 0 saturated heterocycles. The van der Waals surface area contributed by atoms with Gasteiger partial charge in [-0.3, -0.25) is 4.79 Å². The van der Waals surface area contributed by atoms with Crippen molar-refractivity contribution in [3.05, 3.63) is 135 Å². The first-order valence-electron chi connectivity index (χ1n) is 18.7. The fraction of sp³-hybridized carbons (Fsp3) is 0.196. The van der Waals surface area contributed by atoms with Crippen LogP contribution in [0.4, 0.5) is 0 Å². The summed E-state index contributed by atoms with van der Waals surface area (Å²) >= 11 is 1.65. The van der Waals surface area contributed by atoms with Crippen molar-refractivity contribution in [3.8, 4) is 5.75 Å². The number of nitrogens with one attached hydrogen (secondary N) is 4. The van der Waals surface area contributed by atoms with Crippen LogP contribution in [0.3, 0.4) is 0 Å². The standard InChI is InChI=1S/C46H42N4O4S/c1-46(2,27-55-21-9-18-51)45(52)54-20-19-53-28-16-17-35-36(22-28)44-26-42-34-15-8-7-14-33(34)40(49-42)24-38-30-11-4-3-10-29(30)37(47-38)23-39-31-12-5-6-13-32(31)41(48-39)25-43(35)50-44/h3-8,10-17,22-26,47-51H,9,18-21,27H2,1-2H3. The molecule has 0 unspecified atom stereocenters. The Bertz CT molecular complexity index is 2990. The van der Waals surface area contributed by atoms with Gasteiger partial charge in [0.2, 0.25) is 0 Å². The molecule has 4 aromatic heterocycles. The number of hydrogen-bond acceptors (Lipinski definition) is 5. The first-order valence-corrected chi connectivity index (χ1v) is 19.9. The Labute approximate surface area is 321 Å². The smallest absolute Gasteiger partial charge is 0.312 e. The zero-order valence-electron chi connectivity index (χ0n) is 30.8. The van der Waals surface area contributed by atoms with E-state index in [4.69, 9.17) is 14.6 Å². The number of fused-ring (bicyclic) bond motifs is 20. The summed E-state index contributed by atoms with van der Waals surface area (Å²) in [7, 11) is 0. The van der Waals surface area contributed by atoms with Crippen molar-refractivity contribution < 1.29 is 19.4 Å². The average molecular weight is 747 g/mol. The molecular weight excluding hydrogens is 705 g/mol. The van der Waals surface area contributed by atoms with Crippen molar-refractivity contribution in [2.75, 3.05) is 31.3 Å². The highest BCUT2D eigenvalue weighted by Gasteiger charge is 2.29. The SMILES string of the molecule is CC(C)(CSCCCO)C(=O)OCCOc1ccc2c3[nH]c(c2c1)=Cc1[nH]c(c2ccccc12)C=c1[nH]c(c2ccccc12)=Cc1[nH]c(c2ccccc12)C=3. The van der Waals surface area contributed by atoms with E-state index in [0.717, 1.165) is 93.0 Å². The quantitative estimate of drug-likeness (QED) is 0.0832. The van der Waals surface area contributed by atoms with Crippen molar-refractivity contribution in [3.63, 3.8) is 0 Å². The number of carbonyl (C=O) groups excluding carboxylic acids is 1. The summed E-state index contributed by atoms with van der Waals surface area (Å²) in [4.78, 5) is 27.9. The molecule has 8 bridgehead atoms. The minimum atomic E-state index is -0.624. The number of aliphatic hydroxyl groups is 1. The van der Waals surface area contributed by atoms with Gasteiger partial charge >= 0.3 is 5.97 Å². The van der Waals surface area contributed by atoms with E-state index in [2.05, 4.69) is 129 Å². The van der Waals surface area contributed by atoms with Gasteiger partial charge in [0.1, 0.15) is 19.0 Å². The van der Waals surface area contributed by atoms with Crippen molar-refractivity contribution in [2.24, 2.45) is 5.41 Å². The molecular formula is C46H42N4O4S. The summed E-state index contributed by atoms with van der Waals surface area (Å²) in [5.74, 6) is 1.88. The molecule has 276 valence electrons. The van der Waals surface area contributed by atoms with E-state index in [1.54, 1.807) is 11.8 Å². The summed E-state index contributed by atoms with van der Waals surface area (Å²) in [6.07, 6.45) is 9.52. The first-order chi connectivity index (χ1) is 26.9. The summed E-state index contributed by atoms with van der Waals surface area (Å²) in [5, 5.41) is 22.0. The second-order valence-electron chi connectivity index (χ2n) is 14.7. The van der Waals surface area contributed by atoms with Gasteiger partial charge in [-0.15, -0.1) is 0 Å². The van der Waals surface area contributed by atoms with E-state index < -0.39 is 5.41 Å². The highest BCUT2D eigenvalue weighted by molar-refractivity contribution is 7.99. The predicted octanol–water partition coefficient (Wildman–Crippen LogP) is 6.30. The number of esters is 1. The Morgan fingerprint density at radius 2 is 1.05 bits per heavy atom. The molecule has 9 heteroatoms. The summed E-state index contributed by atoms with van der Waals surface area (Å²) in [6, 6.07) is 31.6. The van der Waals surface area contributed by atoms with E-state index in [-0.39, 0.29) is 25.8 Å². The van der Waals surface area contributed by atoms with Gasteiger partial charge in [-0.1, -0.05) is 72.8 Å². The van der Waals surface area contributed by atoms with Gasteiger partial charge in [0.15, 0.2) is 0 Å². The van der Waals surface area contributed by atoms with Gasteiger partial charge in [-0.25, -0.2) is 0 Å². The van der Waals surface area contributed by atoms with Crippen molar-refractivity contribution in [1.29, 1.82) is 0 Å². The van der Waals surface area contributed by atoms with Gasteiger partial charge in [-0.05, 0) is 68.5 Å². The maximum Gasteiger partial charge on any atom is 0.312 e. The number of thioether (sulfide) groups is 1. The van der Waals surface area contributed by atoms with Crippen LogP contribution in [-0.4, -0.2) is 62.3 Å². The van der Waals surface area contributed by atoms with Crippen LogP contribution < -0.4 is 26.1 Å². The molecule has 0 atom stereocenters. The van der Waals surface area contributed by atoms with Crippen LogP contribution in [-0.2, 0) is 9.53 Å². The third kappa shape index (κ3) is 6.64. The third-order valence-corrected chi connectivity index (χ3v) is 11.9. The Balaban J connectivity index is 1.15. The van der Waals surface area contributed by atoms with Crippen LogP contribution >= 0.6 is 11.8 Å².